The lowest BCUT2D eigenvalue weighted by molar-refractivity contribution is -0.143. The van der Waals surface area contributed by atoms with Crippen LogP contribution in [0.5, 0.6) is 0 Å². The maximum absolute atomic E-state index is 11.4. The molecular weight excluding hydrogens is 280 g/mol. The summed E-state index contributed by atoms with van der Waals surface area (Å²) in [5.41, 5.74) is 1.82. The normalized spacial score (nSPS) is 10.8. The van der Waals surface area contributed by atoms with E-state index in [4.69, 9.17) is 4.74 Å². The molecule has 0 bridgehead atoms. The molecule has 3 rings (SSSR count). The summed E-state index contributed by atoms with van der Waals surface area (Å²) in [6.45, 7) is 2.18. The summed E-state index contributed by atoms with van der Waals surface area (Å²) in [6, 6.07) is 9.72. The second-order valence-electron chi connectivity index (χ2n) is 4.79. The van der Waals surface area contributed by atoms with Crippen LogP contribution in [0.15, 0.2) is 36.5 Å². The zero-order valence-corrected chi connectivity index (χ0v) is 12.2. The summed E-state index contributed by atoms with van der Waals surface area (Å²) < 4.78 is 4.90. The van der Waals surface area contributed by atoms with Crippen molar-refractivity contribution >= 4 is 16.9 Å². The van der Waals surface area contributed by atoms with Crippen LogP contribution in [0.4, 0.5) is 0 Å². The first-order chi connectivity index (χ1) is 10.8. The van der Waals surface area contributed by atoms with Crippen molar-refractivity contribution in [1.82, 2.24) is 20.2 Å². The highest BCUT2D eigenvalue weighted by atomic mass is 16.5. The number of rotatable bonds is 5. The quantitative estimate of drug-likeness (QED) is 0.732. The molecule has 0 fully saturated rings. The number of nitrogens with one attached hydrogen (secondary N) is 1. The number of hydrogen-bond acceptors (Lipinski definition) is 5. The van der Waals surface area contributed by atoms with E-state index < -0.39 is 0 Å². The highest BCUT2D eigenvalue weighted by Gasteiger charge is 2.11. The highest BCUT2D eigenvalue weighted by molar-refractivity contribution is 5.92. The highest BCUT2D eigenvalue weighted by Crippen LogP contribution is 2.24. The number of carbonyl (C=O) groups is 1. The van der Waals surface area contributed by atoms with Crippen molar-refractivity contribution in [3.8, 4) is 11.4 Å². The molecule has 0 saturated heterocycles. The van der Waals surface area contributed by atoms with Gasteiger partial charge in [0.1, 0.15) is 5.82 Å². The monoisotopic (exact) mass is 296 g/mol. The molecule has 2 heterocycles. The minimum absolute atomic E-state index is 0.227. The zero-order valence-electron chi connectivity index (χ0n) is 12.2. The number of esters is 1. The van der Waals surface area contributed by atoms with E-state index in [2.05, 4.69) is 20.2 Å². The number of benzene rings is 1. The molecule has 0 radical (unpaired) electrons. The Labute approximate surface area is 127 Å². The van der Waals surface area contributed by atoms with Gasteiger partial charge in [-0.05, 0) is 19.1 Å². The van der Waals surface area contributed by atoms with Crippen molar-refractivity contribution in [3.05, 3.63) is 42.4 Å². The third-order valence-electron chi connectivity index (χ3n) is 3.29. The molecule has 22 heavy (non-hydrogen) atoms. The standard InChI is InChI=1S/C16H16N4O2/c1-2-22-15(21)9-8-14-18-16(20-19-14)12-5-3-7-13-11(12)6-4-10-17-13/h3-7,10H,2,8-9H2,1H3,(H,18,19,20). The van der Waals surface area contributed by atoms with E-state index in [9.17, 15) is 4.79 Å². The van der Waals surface area contributed by atoms with Crippen molar-refractivity contribution in [2.75, 3.05) is 6.61 Å². The van der Waals surface area contributed by atoms with E-state index in [0.29, 0.717) is 31.1 Å². The maximum Gasteiger partial charge on any atom is 0.306 e. The summed E-state index contributed by atoms with van der Waals surface area (Å²) in [7, 11) is 0. The third kappa shape index (κ3) is 2.95. The zero-order chi connectivity index (χ0) is 15.4. The van der Waals surface area contributed by atoms with Crippen LogP contribution in [0.3, 0.4) is 0 Å². The molecule has 3 aromatic rings. The number of aryl methyl sites for hydroxylation is 1. The number of pyridine rings is 1. The summed E-state index contributed by atoms with van der Waals surface area (Å²) >= 11 is 0. The average molecular weight is 296 g/mol. The Bertz CT molecular complexity index is 792. The van der Waals surface area contributed by atoms with Crippen LogP contribution < -0.4 is 0 Å². The van der Waals surface area contributed by atoms with Gasteiger partial charge < -0.3 is 4.74 Å². The predicted octanol–water partition coefficient (Wildman–Crippen LogP) is 2.52. The van der Waals surface area contributed by atoms with E-state index >= 15 is 0 Å². The van der Waals surface area contributed by atoms with E-state index in [1.165, 1.54) is 0 Å². The van der Waals surface area contributed by atoms with Crippen molar-refractivity contribution in [1.29, 1.82) is 0 Å². The molecule has 6 heteroatoms. The van der Waals surface area contributed by atoms with Gasteiger partial charge in [0, 0.05) is 23.6 Å². The van der Waals surface area contributed by atoms with Gasteiger partial charge in [0.05, 0.1) is 18.5 Å². The van der Waals surface area contributed by atoms with Crippen molar-refractivity contribution in [2.24, 2.45) is 0 Å². The Morgan fingerprint density at radius 2 is 2.18 bits per heavy atom. The fourth-order valence-corrected chi connectivity index (χ4v) is 2.28. The molecule has 2 aromatic heterocycles. The van der Waals surface area contributed by atoms with Crippen LogP contribution in [0.2, 0.25) is 0 Å². The summed E-state index contributed by atoms with van der Waals surface area (Å²) in [5.74, 6) is 1.05. The first-order valence-corrected chi connectivity index (χ1v) is 7.19. The lowest BCUT2D eigenvalue weighted by Crippen LogP contribution is -2.05. The third-order valence-corrected chi connectivity index (χ3v) is 3.29. The molecular formula is C16H16N4O2. The molecule has 0 aliphatic carbocycles. The second-order valence-corrected chi connectivity index (χ2v) is 4.79. The minimum Gasteiger partial charge on any atom is -0.466 e. The molecule has 1 N–H and O–H groups in total. The number of fused-ring (bicyclic) bond motifs is 1. The van der Waals surface area contributed by atoms with Crippen molar-refractivity contribution in [3.63, 3.8) is 0 Å². The van der Waals surface area contributed by atoms with Gasteiger partial charge in [0.15, 0.2) is 5.82 Å². The first kappa shape index (κ1) is 14.2. The molecule has 1 aromatic carbocycles. The molecule has 0 aliphatic heterocycles. The lowest BCUT2D eigenvalue weighted by atomic mass is 10.1. The lowest BCUT2D eigenvalue weighted by Gasteiger charge is -2.01. The number of carbonyl (C=O) groups excluding carboxylic acids is 1. The Kier molecular flexibility index (Phi) is 4.09. The van der Waals surface area contributed by atoms with Gasteiger partial charge in [0.2, 0.25) is 0 Å². The molecule has 0 aliphatic rings. The fraction of sp³-hybridized carbons (Fsp3) is 0.250. The van der Waals surface area contributed by atoms with Gasteiger partial charge in [-0.15, -0.1) is 0 Å². The van der Waals surface area contributed by atoms with Crippen molar-refractivity contribution < 1.29 is 9.53 Å². The summed E-state index contributed by atoms with van der Waals surface area (Å²) in [5, 5.41) is 8.12. The maximum atomic E-state index is 11.4. The van der Waals surface area contributed by atoms with Gasteiger partial charge >= 0.3 is 5.97 Å². The van der Waals surface area contributed by atoms with Crippen LogP contribution in [0.25, 0.3) is 22.3 Å². The van der Waals surface area contributed by atoms with Gasteiger partial charge in [-0.1, -0.05) is 18.2 Å². The number of nitrogens with zero attached hydrogens (tertiary/aromatic N) is 3. The molecule has 0 atom stereocenters. The Balaban J connectivity index is 1.82. The van der Waals surface area contributed by atoms with Crippen LogP contribution >= 0.6 is 0 Å². The van der Waals surface area contributed by atoms with Gasteiger partial charge in [-0.25, -0.2) is 4.98 Å². The van der Waals surface area contributed by atoms with E-state index in [-0.39, 0.29) is 5.97 Å². The molecule has 112 valence electrons. The van der Waals surface area contributed by atoms with Crippen LogP contribution in [-0.2, 0) is 16.0 Å². The molecule has 6 nitrogen and oxygen atoms in total. The van der Waals surface area contributed by atoms with E-state index in [1.54, 1.807) is 13.1 Å². The summed E-state index contributed by atoms with van der Waals surface area (Å²) in [4.78, 5) is 20.2. The SMILES string of the molecule is CCOC(=O)CCc1nc(-c2cccc3ncccc23)n[nH]1. The summed E-state index contributed by atoms with van der Waals surface area (Å²) in [6.07, 6.45) is 2.53. The van der Waals surface area contributed by atoms with Gasteiger partial charge in [-0.3, -0.25) is 14.9 Å². The number of H-pyrrole nitrogens is 1. The average Bonchev–Trinajstić information content (AvgIpc) is 3.01. The molecule has 0 saturated carbocycles. The second kappa shape index (κ2) is 6.34. The van der Waals surface area contributed by atoms with Gasteiger partial charge in [-0.2, -0.15) is 5.10 Å². The number of hydrogen-bond donors (Lipinski definition) is 1. The number of aromatic amines is 1. The molecule has 0 spiro atoms. The Hall–Kier alpha value is -2.76. The van der Waals surface area contributed by atoms with Crippen molar-refractivity contribution in [2.45, 2.75) is 19.8 Å². The fourth-order valence-electron chi connectivity index (χ4n) is 2.28. The minimum atomic E-state index is -0.227. The topological polar surface area (TPSA) is 80.8 Å². The van der Waals surface area contributed by atoms with E-state index in [0.717, 1.165) is 16.5 Å². The first-order valence-electron chi connectivity index (χ1n) is 7.19. The molecule has 0 amide bonds. The van der Waals surface area contributed by atoms with Crippen LogP contribution in [0, 0.1) is 0 Å². The number of ether oxygens (including phenoxy) is 1. The smallest absolute Gasteiger partial charge is 0.306 e. The largest absolute Gasteiger partial charge is 0.466 e. The molecule has 0 unspecified atom stereocenters. The van der Waals surface area contributed by atoms with Crippen LogP contribution in [-0.4, -0.2) is 32.7 Å². The van der Waals surface area contributed by atoms with E-state index in [1.807, 2.05) is 30.3 Å². The number of aromatic nitrogens is 4. The predicted molar refractivity (Wildman–Crippen MR) is 82.1 cm³/mol. The van der Waals surface area contributed by atoms with Crippen LogP contribution in [0.1, 0.15) is 19.2 Å². The van der Waals surface area contributed by atoms with Gasteiger partial charge in [0.25, 0.3) is 0 Å². The Morgan fingerprint density at radius 1 is 1.27 bits per heavy atom. The Morgan fingerprint density at radius 3 is 3.05 bits per heavy atom.